The number of benzene rings is 1. The normalized spacial score (nSPS) is 10.0. The molecular weight excluding hydrogens is 326 g/mol. The molecule has 0 amide bonds. The summed E-state index contributed by atoms with van der Waals surface area (Å²) >= 11 is 3.41. The number of hydrazine groups is 1. The van der Waals surface area contributed by atoms with Crippen molar-refractivity contribution < 1.29 is 9.47 Å². The topological polar surface area (TPSA) is 94.3 Å². The van der Waals surface area contributed by atoms with Gasteiger partial charge in [0, 0.05) is 4.47 Å². The standard InChI is InChI=1S/C12H14BrN5O2/c1-19-9-4-3-7(13)5-8(9)17-11-10(20-2)12(18-14)16-6-15-11/h3-6H,14H2,1-2H3,(H2,15,16,17,18). The Bertz CT molecular complexity index is 608. The monoisotopic (exact) mass is 339 g/mol. The molecule has 0 saturated heterocycles. The predicted octanol–water partition coefficient (Wildman–Crippen LogP) is 2.29. The van der Waals surface area contributed by atoms with Crippen molar-refractivity contribution in [3.05, 3.63) is 29.0 Å². The predicted molar refractivity (Wildman–Crippen MR) is 80.4 cm³/mol. The van der Waals surface area contributed by atoms with Crippen LogP contribution in [0.1, 0.15) is 0 Å². The van der Waals surface area contributed by atoms with Crippen LogP contribution in [0.15, 0.2) is 29.0 Å². The first-order chi connectivity index (χ1) is 9.69. The number of anilines is 3. The van der Waals surface area contributed by atoms with E-state index in [2.05, 4.69) is 36.6 Å². The highest BCUT2D eigenvalue weighted by molar-refractivity contribution is 9.10. The van der Waals surface area contributed by atoms with Gasteiger partial charge in [0.1, 0.15) is 12.1 Å². The van der Waals surface area contributed by atoms with E-state index >= 15 is 0 Å². The number of nitrogens with one attached hydrogen (secondary N) is 2. The molecule has 1 heterocycles. The molecule has 2 aromatic rings. The number of nitrogen functional groups attached to an aromatic ring is 1. The number of aromatic nitrogens is 2. The Hall–Kier alpha value is -2.06. The SMILES string of the molecule is COc1ccc(Br)cc1Nc1ncnc(NN)c1OC. The summed E-state index contributed by atoms with van der Waals surface area (Å²) in [7, 11) is 3.11. The number of nitrogens with two attached hydrogens (primary N) is 1. The Morgan fingerprint density at radius 3 is 2.55 bits per heavy atom. The lowest BCUT2D eigenvalue weighted by molar-refractivity contribution is 0.413. The fraction of sp³-hybridized carbons (Fsp3) is 0.167. The van der Waals surface area contributed by atoms with Crippen LogP contribution in [-0.2, 0) is 0 Å². The zero-order chi connectivity index (χ0) is 14.5. The van der Waals surface area contributed by atoms with Gasteiger partial charge < -0.3 is 20.2 Å². The van der Waals surface area contributed by atoms with Gasteiger partial charge in [-0.05, 0) is 18.2 Å². The molecule has 0 saturated carbocycles. The molecule has 20 heavy (non-hydrogen) atoms. The average Bonchev–Trinajstić information content (AvgIpc) is 2.47. The Labute approximate surface area is 124 Å². The van der Waals surface area contributed by atoms with E-state index in [9.17, 15) is 0 Å². The molecule has 0 spiro atoms. The second-order valence-corrected chi connectivity index (χ2v) is 4.63. The molecule has 2 rings (SSSR count). The number of hydrogen-bond donors (Lipinski definition) is 3. The minimum atomic E-state index is 0.388. The van der Waals surface area contributed by atoms with Crippen LogP contribution in [0, 0.1) is 0 Å². The summed E-state index contributed by atoms with van der Waals surface area (Å²) in [4.78, 5) is 8.12. The van der Waals surface area contributed by atoms with Crippen LogP contribution >= 0.6 is 15.9 Å². The Morgan fingerprint density at radius 2 is 1.90 bits per heavy atom. The van der Waals surface area contributed by atoms with Crippen LogP contribution in [0.4, 0.5) is 17.3 Å². The van der Waals surface area contributed by atoms with E-state index in [-0.39, 0.29) is 0 Å². The van der Waals surface area contributed by atoms with Crippen molar-refractivity contribution in [1.29, 1.82) is 0 Å². The van der Waals surface area contributed by atoms with E-state index in [0.29, 0.717) is 23.1 Å². The molecular formula is C12H14BrN5O2. The van der Waals surface area contributed by atoms with Gasteiger partial charge in [-0.1, -0.05) is 15.9 Å². The number of nitrogens with zero attached hydrogens (tertiary/aromatic N) is 2. The van der Waals surface area contributed by atoms with Crippen molar-refractivity contribution >= 4 is 33.3 Å². The third-order valence-electron chi connectivity index (χ3n) is 2.56. The van der Waals surface area contributed by atoms with Gasteiger partial charge >= 0.3 is 0 Å². The maximum Gasteiger partial charge on any atom is 0.205 e. The lowest BCUT2D eigenvalue weighted by Gasteiger charge is -2.14. The van der Waals surface area contributed by atoms with E-state index in [0.717, 1.165) is 10.2 Å². The molecule has 106 valence electrons. The van der Waals surface area contributed by atoms with Gasteiger partial charge in [-0.15, -0.1) is 0 Å². The minimum absolute atomic E-state index is 0.388. The fourth-order valence-corrected chi connectivity index (χ4v) is 2.03. The number of methoxy groups -OCH3 is 2. The minimum Gasteiger partial charge on any atom is -0.495 e. The summed E-state index contributed by atoms with van der Waals surface area (Å²) in [6.45, 7) is 0. The van der Waals surface area contributed by atoms with Crippen LogP contribution in [0.2, 0.25) is 0 Å². The molecule has 0 radical (unpaired) electrons. The van der Waals surface area contributed by atoms with Crippen LogP contribution in [0.25, 0.3) is 0 Å². The van der Waals surface area contributed by atoms with Crippen molar-refractivity contribution in [3.63, 3.8) is 0 Å². The smallest absolute Gasteiger partial charge is 0.205 e. The number of rotatable bonds is 5. The van der Waals surface area contributed by atoms with E-state index in [1.807, 2.05) is 18.2 Å². The Kier molecular flexibility index (Phi) is 4.59. The molecule has 0 aliphatic carbocycles. The van der Waals surface area contributed by atoms with Gasteiger partial charge in [0.15, 0.2) is 11.6 Å². The second kappa shape index (κ2) is 6.40. The Morgan fingerprint density at radius 1 is 1.15 bits per heavy atom. The number of hydrogen-bond acceptors (Lipinski definition) is 7. The quantitative estimate of drug-likeness (QED) is 0.568. The molecule has 1 aromatic carbocycles. The Balaban J connectivity index is 2.42. The van der Waals surface area contributed by atoms with Crippen molar-refractivity contribution in [1.82, 2.24) is 9.97 Å². The highest BCUT2D eigenvalue weighted by Crippen LogP contribution is 2.35. The van der Waals surface area contributed by atoms with Crippen LogP contribution in [0.3, 0.4) is 0 Å². The van der Waals surface area contributed by atoms with Gasteiger partial charge in [0.05, 0.1) is 19.9 Å². The van der Waals surface area contributed by atoms with Crippen LogP contribution in [-0.4, -0.2) is 24.2 Å². The van der Waals surface area contributed by atoms with Gasteiger partial charge in [0.25, 0.3) is 0 Å². The van der Waals surface area contributed by atoms with Crippen LogP contribution < -0.4 is 26.1 Å². The molecule has 0 unspecified atom stereocenters. The average molecular weight is 340 g/mol. The van der Waals surface area contributed by atoms with E-state index in [4.69, 9.17) is 15.3 Å². The maximum absolute atomic E-state index is 5.39. The molecule has 8 heteroatoms. The molecule has 0 aliphatic heterocycles. The van der Waals surface area contributed by atoms with Gasteiger partial charge in [0.2, 0.25) is 5.75 Å². The number of halogens is 1. The van der Waals surface area contributed by atoms with Gasteiger partial charge in [-0.25, -0.2) is 15.8 Å². The lowest BCUT2D eigenvalue weighted by atomic mass is 10.3. The van der Waals surface area contributed by atoms with E-state index in [1.54, 1.807) is 7.11 Å². The fourth-order valence-electron chi connectivity index (χ4n) is 1.66. The molecule has 0 bridgehead atoms. The van der Waals surface area contributed by atoms with Gasteiger partial charge in [-0.2, -0.15) is 0 Å². The molecule has 0 atom stereocenters. The van der Waals surface area contributed by atoms with E-state index in [1.165, 1.54) is 13.4 Å². The molecule has 7 nitrogen and oxygen atoms in total. The zero-order valence-corrected chi connectivity index (χ0v) is 12.6. The largest absolute Gasteiger partial charge is 0.495 e. The van der Waals surface area contributed by atoms with E-state index < -0.39 is 0 Å². The first kappa shape index (κ1) is 14.4. The summed E-state index contributed by atoms with van der Waals surface area (Å²) in [5.74, 6) is 7.35. The molecule has 1 aromatic heterocycles. The third-order valence-corrected chi connectivity index (χ3v) is 3.05. The summed E-state index contributed by atoms with van der Waals surface area (Å²) in [5, 5.41) is 3.13. The van der Waals surface area contributed by atoms with Crippen molar-refractivity contribution in [3.8, 4) is 11.5 Å². The highest BCUT2D eigenvalue weighted by atomic mass is 79.9. The zero-order valence-electron chi connectivity index (χ0n) is 11.0. The van der Waals surface area contributed by atoms with Crippen molar-refractivity contribution in [2.75, 3.05) is 25.0 Å². The second-order valence-electron chi connectivity index (χ2n) is 3.72. The summed E-state index contributed by atoms with van der Waals surface area (Å²) in [6.07, 6.45) is 1.38. The first-order valence-electron chi connectivity index (χ1n) is 5.65. The molecule has 4 N–H and O–H groups in total. The molecule has 0 fully saturated rings. The van der Waals surface area contributed by atoms with Crippen LogP contribution in [0.5, 0.6) is 11.5 Å². The van der Waals surface area contributed by atoms with Gasteiger partial charge in [-0.3, -0.25) is 0 Å². The third kappa shape index (κ3) is 2.91. The summed E-state index contributed by atoms with van der Waals surface area (Å²) in [6, 6.07) is 5.59. The molecule has 0 aliphatic rings. The first-order valence-corrected chi connectivity index (χ1v) is 6.45. The number of ether oxygens (including phenoxy) is 2. The highest BCUT2D eigenvalue weighted by Gasteiger charge is 2.13. The summed E-state index contributed by atoms with van der Waals surface area (Å²) < 4.78 is 11.5. The lowest BCUT2D eigenvalue weighted by Crippen LogP contribution is -2.11. The van der Waals surface area contributed by atoms with Crippen molar-refractivity contribution in [2.24, 2.45) is 5.84 Å². The summed E-state index contributed by atoms with van der Waals surface area (Å²) in [5.41, 5.74) is 3.19. The van der Waals surface area contributed by atoms with Crippen molar-refractivity contribution in [2.45, 2.75) is 0 Å². The maximum atomic E-state index is 5.39.